The first kappa shape index (κ1) is 13.4. The van der Waals surface area contributed by atoms with E-state index in [1.54, 1.807) is 0 Å². The topological polar surface area (TPSA) is 25.2 Å². The smallest absolute Gasteiger partial charge is 0.147 e. The monoisotopic (exact) mass is 369 g/mol. The standard InChI is InChI=1S/C16H20INO/c1-10(2)8-13-12-4-3-5-14(17)16(12)19-15(13)9-18-11-6-7-11/h3-5,10-11,18H,6-9H2,1-2H3. The molecule has 1 saturated carbocycles. The van der Waals surface area contributed by atoms with Gasteiger partial charge in [-0.1, -0.05) is 26.0 Å². The maximum Gasteiger partial charge on any atom is 0.147 e. The van der Waals surface area contributed by atoms with Crippen LogP contribution < -0.4 is 5.32 Å². The van der Waals surface area contributed by atoms with E-state index in [-0.39, 0.29) is 0 Å². The first-order valence-electron chi connectivity index (χ1n) is 7.07. The van der Waals surface area contributed by atoms with Gasteiger partial charge in [-0.3, -0.25) is 0 Å². The molecule has 3 rings (SSSR count). The molecular weight excluding hydrogens is 349 g/mol. The zero-order valence-corrected chi connectivity index (χ0v) is 13.7. The Morgan fingerprint density at radius 2 is 2.16 bits per heavy atom. The van der Waals surface area contributed by atoms with Crippen LogP contribution in [0.2, 0.25) is 0 Å². The van der Waals surface area contributed by atoms with Crippen LogP contribution in [0.25, 0.3) is 11.0 Å². The molecule has 1 heterocycles. The number of benzene rings is 1. The lowest BCUT2D eigenvalue weighted by Crippen LogP contribution is -2.16. The molecule has 0 spiro atoms. The molecule has 0 atom stereocenters. The quantitative estimate of drug-likeness (QED) is 0.786. The van der Waals surface area contributed by atoms with Crippen molar-refractivity contribution in [3.05, 3.63) is 33.1 Å². The van der Waals surface area contributed by atoms with Gasteiger partial charge in [-0.05, 0) is 53.8 Å². The summed E-state index contributed by atoms with van der Waals surface area (Å²) in [7, 11) is 0. The molecule has 2 aromatic rings. The van der Waals surface area contributed by atoms with E-state index in [0.717, 1.165) is 30.4 Å². The van der Waals surface area contributed by atoms with Crippen molar-refractivity contribution < 1.29 is 4.42 Å². The SMILES string of the molecule is CC(C)Cc1c(CNC2CC2)oc2c(I)cccc12. The largest absolute Gasteiger partial charge is 0.458 e. The highest BCUT2D eigenvalue weighted by atomic mass is 127. The Balaban J connectivity index is 1.99. The van der Waals surface area contributed by atoms with Gasteiger partial charge in [-0.2, -0.15) is 0 Å². The second kappa shape index (κ2) is 5.44. The normalized spacial score (nSPS) is 15.6. The molecule has 3 heteroatoms. The molecule has 1 aromatic carbocycles. The fourth-order valence-electron chi connectivity index (χ4n) is 2.48. The average Bonchev–Trinajstić information content (AvgIpc) is 3.12. The van der Waals surface area contributed by atoms with Crippen molar-refractivity contribution in [2.75, 3.05) is 0 Å². The minimum atomic E-state index is 0.651. The van der Waals surface area contributed by atoms with Crippen LogP contribution in [-0.4, -0.2) is 6.04 Å². The zero-order valence-electron chi connectivity index (χ0n) is 11.5. The highest BCUT2D eigenvalue weighted by molar-refractivity contribution is 14.1. The number of hydrogen-bond donors (Lipinski definition) is 1. The second-order valence-electron chi connectivity index (χ2n) is 5.87. The number of fused-ring (bicyclic) bond motifs is 1. The van der Waals surface area contributed by atoms with Crippen molar-refractivity contribution in [1.82, 2.24) is 5.32 Å². The number of hydrogen-bond acceptors (Lipinski definition) is 2. The molecule has 1 N–H and O–H groups in total. The van der Waals surface area contributed by atoms with Gasteiger partial charge in [0.25, 0.3) is 0 Å². The molecule has 1 aliphatic rings. The summed E-state index contributed by atoms with van der Waals surface area (Å²) < 4.78 is 7.35. The van der Waals surface area contributed by atoms with Crippen molar-refractivity contribution in [3.8, 4) is 0 Å². The molecule has 2 nitrogen and oxygen atoms in total. The third kappa shape index (κ3) is 2.97. The predicted octanol–water partition coefficient (Wildman–Crippen LogP) is 4.49. The van der Waals surface area contributed by atoms with Crippen LogP contribution in [0.3, 0.4) is 0 Å². The Labute approximate surface area is 128 Å². The molecule has 19 heavy (non-hydrogen) atoms. The summed E-state index contributed by atoms with van der Waals surface area (Å²) >= 11 is 2.36. The number of rotatable bonds is 5. The summed E-state index contributed by atoms with van der Waals surface area (Å²) in [6.07, 6.45) is 3.73. The van der Waals surface area contributed by atoms with E-state index in [9.17, 15) is 0 Å². The van der Waals surface area contributed by atoms with Gasteiger partial charge in [-0.15, -0.1) is 0 Å². The highest BCUT2D eigenvalue weighted by Gasteiger charge is 2.23. The predicted molar refractivity (Wildman–Crippen MR) is 87.3 cm³/mol. The van der Waals surface area contributed by atoms with E-state index >= 15 is 0 Å². The molecule has 0 saturated heterocycles. The van der Waals surface area contributed by atoms with E-state index < -0.39 is 0 Å². The Bertz CT molecular complexity index is 584. The molecule has 0 unspecified atom stereocenters. The van der Waals surface area contributed by atoms with E-state index in [1.807, 2.05) is 0 Å². The molecular formula is C16H20INO. The Morgan fingerprint density at radius 3 is 2.84 bits per heavy atom. The molecule has 102 valence electrons. The summed E-state index contributed by atoms with van der Waals surface area (Å²) in [4.78, 5) is 0. The van der Waals surface area contributed by atoms with E-state index in [2.05, 4.69) is 60.0 Å². The maximum atomic E-state index is 6.14. The number of para-hydroxylation sites is 1. The van der Waals surface area contributed by atoms with Gasteiger partial charge in [0.15, 0.2) is 0 Å². The Kier molecular flexibility index (Phi) is 3.85. The second-order valence-corrected chi connectivity index (χ2v) is 7.04. The van der Waals surface area contributed by atoms with Crippen LogP contribution in [-0.2, 0) is 13.0 Å². The lowest BCUT2D eigenvalue weighted by Gasteiger charge is -2.06. The summed E-state index contributed by atoms with van der Waals surface area (Å²) in [5.74, 6) is 1.79. The van der Waals surface area contributed by atoms with Crippen molar-refractivity contribution in [1.29, 1.82) is 0 Å². The van der Waals surface area contributed by atoms with Gasteiger partial charge >= 0.3 is 0 Å². The van der Waals surface area contributed by atoms with Crippen LogP contribution in [0.1, 0.15) is 38.0 Å². The molecule has 0 amide bonds. The number of furan rings is 1. The van der Waals surface area contributed by atoms with Crippen LogP contribution in [0.15, 0.2) is 22.6 Å². The molecule has 0 radical (unpaired) electrons. The summed E-state index contributed by atoms with van der Waals surface area (Å²) in [6.45, 7) is 5.41. The van der Waals surface area contributed by atoms with Gasteiger partial charge < -0.3 is 9.73 Å². The van der Waals surface area contributed by atoms with Gasteiger partial charge in [0.05, 0.1) is 10.1 Å². The summed E-state index contributed by atoms with van der Waals surface area (Å²) in [5.41, 5.74) is 2.46. The molecule has 0 bridgehead atoms. The lowest BCUT2D eigenvalue weighted by molar-refractivity contribution is 0.499. The first-order chi connectivity index (χ1) is 9.15. The average molecular weight is 369 g/mol. The van der Waals surface area contributed by atoms with E-state index in [0.29, 0.717) is 5.92 Å². The van der Waals surface area contributed by atoms with Crippen molar-refractivity contribution in [3.63, 3.8) is 0 Å². The maximum absolute atomic E-state index is 6.14. The zero-order chi connectivity index (χ0) is 13.4. The van der Waals surface area contributed by atoms with Crippen LogP contribution in [0.5, 0.6) is 0 Å². The van der Waals surface area contributed by atoms with Crippen molar-refractivity contribution >= 4 is 33.6 Å². The summed E-state index contributed by atoms with van der Waals surface area (Å²) in [6, 6.07) is 7.16. The van der Waals surface area contributed by atoms with Crippen LogP contribution in [0.4, 0.5) is 0 Å². The Morgan fingerprint density at radius 1 is 1.37 bits per heavy atom. The first-order valence-corrected chi connectivity index (χ1v) is 8.15. The summed E-state index contributed by atoms with van der Waals surface area (Å²) in [5, 5.41) is 4.87. The molecule has 1 fully saturated rings. The lowest BCUT2D eigenvalue weighted by atomic mass is 10.00. The van der Waals surface area contributed by atoms with Crippen molar-refractivity contribution in [2.24, 2.45) is 5.92 Å². The van der Waals surface area contributed by atoms with E-state index in [4.69, 9.17) is 4.42 Å². The number of halogens is 1. The third-order valence-corrected chi connectivity index (χ3v) is 4.44. The molecule has 1 aromatic heterocycles. The number of nitrogens with one attached hydrogen (secondary N) is 1. The van der Waals surface area contributed by atoms with Crippen LogP contribution >= 0.6 is 22.6 Å². The van der Waals surface area contributed by atoms with Crippen molar-refractivity contribution in [2.45, 2.75) is 45.7 Å². The molecule has 0 aliphatic heterocycles. The fourth-order valence-corrected chi connectivity index (χ4v) is 3.09. The van der Waals surface area contributed by atoms with E-state index in [1.165, 1.54) is 27.4 Å². The minimum Gasteiger partial charge on any atom is -0.458 e. The van der Waals surface area contributed by atoms with Gasteiger partial charge in [0, 0.05) is 17.0 Å². The fraction of sp³-hybridized carbons (Fsp3) is 0.500. The van der Waals surface area contributed by atoms with Gasteiger partial charge in [-0.25, -0.2) is 0 Å². The Hall–Kier alpha value is -0.550. The highest BCUT2D eigenvalue weighted by Crippen LogP contribution is 2.31. The molecule has 1 aliphatic carbocycles. The third-order valence-electron chi connectivity index (χ3n) is 3.59. The van der Waals surface area contributed by atoms with Gasteiger partial charge in [0.2, 0.25) is 0 Å². The minimum absolute atomic E-state index is 0.651. The van der Waals surface area contributed by atoms with Crippen LogP contribution in [0, 0.1) is 9.49 Å². The van der Waals surface area contributed by atoms with Gasteiger partial charge in [0.1, 0.15) is 11.3 Å².